The summed E-state index contributed by atoms with van der Waals surface area (Å²) in [6.07, 6.45) is 9.15. The molecule has 1 N–H and O–H groups in total. The normalized spacial score (nSPS) is 23.3. The van der Waals surface area contributed by atoms with E-state index in [1.807, 2.05) is 6.07 Å². The Morgan fingerprint density at radius 1 is 1.11 bits per heavy atom. The SMILES string of the molecule is O=c1cc(OCc2ccc(Cl)cn2)ccn1C1=Cc2ccc(CN3C[C@H]4C[C@@H]3C[C@H]4O)cc2CC1. The molecule has 3 aliphatic rings. The van der Waals surface area contributed by atoms with Crippen LogP contribution in [0.15, 0.2) is 59.7 Å². The molecule has 3 aromatic rings. The molecule has 2 fully saturated rings. The first-order valence-electron chi connectivity index (χ1n) is 12.2. The third-order valence-corrected chi connectivity index (χ3v) is 7.78. The van der Waals surface area contributed by atoms with Crippen LogP contribution in [-0.2, 0) is 19.6 Å². The number of aliphatic hydroxyl groups excluding tert-OH is 1. The van der Waals surface area contributed by atoms with Gasteiger partial charge in [-0.25, -0.2) is 0 Å². The van der Waals surface area contributed by atoms with Gasteiger partial charge in [-0.2, -0.15) is 0 Å². The maximum absolute atomic E-state index is 12.8. The minimum atomic E-state index is -0.107. The predicted molar refractivity (Wildman–Crippen MR) is 136 cm³/mol. The van der Waals surface area contributed by atoms with Crippen LogP contribution in [0.1, 0.15) is 41.6 Å². The van der Waals surface area contributed by atoms with E-state index in [1.165, 1.54) is 22.8 Å². The Hall–Kier alpha value is -2.93. The van der Waals surface area contributed by atoms with Crippen LogP contribution in [0.25, 0.3) is 11.8 Å². The van der Waals surface area contributed by atoms with E-state index in [-0.39, 0.29) is 18.3 Å². The van der Waals surface area contributed by atoms with E-state index in [0.717, 1.165) is 50.2 Å². The van der Waals surface area contributed by atoms with Gasteiger partial charge in [0.05, 0.1) is 16.8 Å². The number of halogens is 1. The van der Waals surface area contributed by atoms with Crippen molar-refractivity contribution in [2.24, 2.45) is 5.92 Å². The predicted octanol–water partition coefficient (Wildman–Crippen LogP) is 4.38. The molecule has 0 spiro atoms. The average Bonchev–Trinajstić information content (AvgIpc) is 3.42. The highest BCUT2D eigenvalue weighted by Gasteiger charge is 2.43. The number of rotatable bonds is 6. The van der Waals surface area contributed by atoms with Crippen LogP contribution in [0.2, 0.25) is 5.02 Å². The van der Waals surface area contributed by atoms with Crippen molar-refractivity contribution in [3.05, 3.63) is 92.6 Å². The fourth-order valence-electron chi connectivity index (χ4n) is 5.70. The smallest absolute Gasteiger partial charge is 0.258 e. The van der Waals surface area contributed by atoms with Crippen molar-refractivity contribution in [1.82, 2.24) is 14.5 Å². The molecule has 1 saturated heterocycles. The lowest BCUT2D eigenvalue weighted by Gasteiger charge is -2.29. The van der Waals surface area contributed by atoms with Gasteiger partial charge >= 0.3 is 0 Å². The second kappa shape index (κ2) is 9.26. The number of hydrogen-bond acceptors (Lipinski definition) is 5. The number of nitrogens with zero attached hydrogens (tertiary/aromatic N) is 3. The molecule has 6 nitrogen and oxygen atoms in total. The third-order valence-electron chi connectivity index (χ3n) is 7.56. The monoisotopic (exact) mass is 489 g/mol. The number of benzene rings is 1. The van der Waals surface area contributed by atoms with Crippen molar-refractivity contribution < 1.29 is 9.84 Å². The number of aliphatic hydroxyl groups is 1. The molecule has 0 radical (unpaired) electrons. The summed E-state index contributed by atoms with van der Waals surface area (Å²) in [5.41, 5.74) is 5.47. The topological polar surface area (TPSA) is 67.6 Å². The Labute approximate surface area is 209 Å². The molecule has 1 aromatic carbocycles. The summed E-state index contributed by atoms with van der Waals surface area (Å²) < 4.78 is 7.45. The molecule has 0 unspecified atom stereocenters. The molecule has 3 atom stereocenters. The van der Waals surface area contributed by atoms with E-state index in [2.05, 4.69) is 34.2 Å². The van der Waals surface area contributed by atoms with Gasteiger partial charge in [0, 0.05) is 43.3 Å². The van der Waals surface area contributed by atoms with E-state index in [9.17, 15) is 9.90 Å². The molecule has 7 heteroatoms. The van der Waals surface area contributed by atoms with Crippen LogP contribution in [0.5, 0.6) is 5.75 Å². The van der Waals surface area contributed by atoms with Crippen LogP contribution >= 0.6 is 11.6 Å². The largest absolute Gasteiger partial charge is 0.487 e. The number of allylic oxidation sites excluding steroid dienone is 1. The first kappa shape index (κ1) is 22.5. The van der Waals surface area contributed by atoms with Crippen LogP contribution in [0, 0.1) is 5.92 Å². The van der Waals surface area contributed by atoms with E-state index in [0.29, 0.717) is 22.7 Å². The van der Waals surface area contributed by atoms with Gasteiger partial charge < -0.3 is 9.84 Å². The van der Waals surface area contributed by atoms with Gasteiger partial charge in [-0.1, -0.05) is 29.8 Å². The fourth-order valence-corrected chi connectivity index (χ4v) is 5.81. The molecule has 6 rings (SSSR count). The van der Waals surface area contributed by atoms with Crippen molar-refractivity contribution >= 4 is 23.4 Å². The Morgan fingerprint density at radius 3 is 2.77 bits per heavy atom. The van der Waals surface area contributed by atoms with Crippen molar-refractivity contribution in [2.75, 3.05) is 6.54 Å². The maximum atomic E-state index is 12.8. The summed E-state index contributed by atoms with van der Waals surface area (Å²) in [5, 5.41) is 10.6. The maximum Gasteiger partial charge on any atom is 0.258 e. The van der Waals surface area contributed by atoms with E-state index in [4.69, 9.17) is 16.3 Å². The Morgan fingerprint density at radius 2 is 2.03 bits per heavy atom. The summed E-state index contributed by atoms with van der Waals surface area (Å²) in [6.45, 7) is 2.23. The van der Waals surface area contributed by atoms with Gasteiger partial charge in [0.15, 0.2) is 0 Å². The lowest BCUT2D eigenvalue weighted by Crippen LogP contribution is -2.36. The number of aromatic nitrogens is 2. The van der Waals surface area contributed by atoms with E-state index in [1.54, 1.807) is 29.1 Å². The fraction of sp³-hybridized carbons (Fsp3) is 0.357. The number of likely N-dealkylation sites (tertiary alicyclic amines) is 1. The molecule has 2 aliphatic carbocycles. The van der Waals surface area contributed by atoms with Crippen molar-refractivity contribution in [2.45, 2.75) is 51.0 Å². The third kappa shape index (κ3) is 4.66. The van der Waals surface area contributed by atoms with Crippen LogP contribution < -0.4 is 10.3 Å². The zero-order valence-corrected chi connectivity index (χ0v) is 20.2. The molecular weight excluding hydrogens is 462 g/mol. The lowest BCUT2D eigenvalue weighted by atomic mass is 9.93. The molecule has 2 aromatic heterocycles. The van der Waals surface area contributed by atoms with Gasteiger partial charge in [0.25, 0.3) is 5.56 Å². The van der Waals surface area contributed by atoms with E-state index < -0.39 is 0 Å². The van der Waals surface area contributed by atoms with Crippen molar-refractivity contribution in [3.8, 4) is 5.75 Å². The van der Waals surface area contributed by atoms with Crippen LogP contribution in [0.4, 0.5) is 0 Å². The molecular formula is C28H28ClN3O3. The Balaban J connectivity index is 1.13. The minimum absolute atomic E-state index is 0.104. The molecule has 2 bridgehead atoms. The summed E-state index contributed by atoms with van der Waals surface area (Å²) in [6, 6.07) is 14.1. The Kier molecular flexibility index (Phi) is 5.96. The highest BCUT2D eigenvalue weighted by Crippen LogP contribution is 2.38. The summed E-state index contributed by atoms with van der Waals surface area (Å²) in [4.78, 5) is 19.6. The second-order valence-electron chi connectivity index (χ2n) is 9.88. The summed E-state index contributed by atoms with van der Waals surface area (Å²) in [5.74, 6) is 0.972. The zero-order valence-electron chi connectivity index (χ0n) is 19.4. The molecule has 35 heavy (non-hydrogen) atoms. The standard InChI is InChI=1S/C28H28ClN3O3/c29-22-4-5-23(30-14-22)17-35-26-7-8-32(28(34)13-26)24-6-3-19-9-18(1-2-20(19)10-24)15-31-16-21-11-25(31)12-27(21)33/h1-2,4-5,7-10,13-14,21,25,27,33H,3,6,11-12,15-17H2/t21-,25-,27-/m1/s1. The lowest BCUT2D eigenvalue weighted by molar-refractivity contribution is 0.0711. The Bertz CT molecular complexity index is 1330. The van der Waals surface area contributed by atoms with Crippen LogP contribution in [0.3, 0.4) is 0 Å². The average molecular weight is 490 g/mol. The summed E-state index contributed by atoms with van der Waals surface area (Å²) in [7, 11) is 0. The molecule has 1 saturated carbocycles. The molecule has 180 valence electrons. The van der Waals surface area contributed by atoms with Gasteiger partial charge in [-0.15, -0.1) is 0 Å². The highest BCUT2D eigenvalue weighted by molar-refractivity contribution is 6.30. The van der Waals surface area contributed by atoms with Crippen LogP contribution in [-0.4, -0.2) is 38.2 Å². The zero-order chi connectivity index (χ0) is 23.9. The number of pyridine rings is 2. The summed E-state index contributed by atoms with van der Waals surface area (Å²) >= 11 is 5.87. The number of hydrogen-bond donors (Lipinski definition) is 1. The van der Waals surface area contributed by atoms with Gasteiger partial charge in [-0.05, 0) is 72.6 Å². The van der Waals surface area contributed by atoms with Gasteiger partial charge in [0.2, 0.25) is 0 Å². The molecule has 1 aliphatic heterocycles. The second-order valence-corrected chi connectivity index (χ2v) is 10.3. The van der Waals surface area contributed by atoms with E-state index >= 15 is 0 Å². The first-order chi connectivity index (χ1) is 17.0. The van der Waals surface area contributed by atoms with Crippen molar-refractivity contribution in [3.63, 3.8) is 0 Å². The van der Waals surface area contributed by atoms with Gasteiger partial charge in [0.1, 0.15) is 12.4 Å². The molecule has 3 heterocycles. The highest BCUT2D eigenvalue weighted by atomic mass is 35.5. The number of aryl methyl sites for hydroxylation is 1. The van der Waals surface area contributed by atoms with Crippen molar-refractivity contribution in [1.29, 1.82) is 0 Å². The van der Waals surface area contributed by atoms with Gasteiger partial charge in [-0.3, -0.25) is 19.2 Å². The first-order valence-corrected chi connectivity index (χ1v) is 12.6. The number of ether oxygens (including phenoxy) is 1. The quantitative estimate of drug-likeness (QED) is 0.556. The number of piperidine rings is 1. The number of fused-ring (bicyclic) bond motifs is 3. The molecule has 0 amide bonds. The minimum Gasteiger partial charge on any atom is -0.487 e.